The van der Waals surface area contributed by atoms with Crippen molar-refractivity contribution in [3.63, 3.8) is 0 Å². The maximum Gasteiger partial charge on any atom is 0.342 e. The van der Waals surface area contributed by atoms with Crippen molar-refractivity contribution in [2.45, 2.75) is 20.3 Å². The zero-order valence-corrected chi connectivity index (χ0v) is 9.90. The van der Waals surface area contributed by atoms with Crippen LogP contribution in [0.4, 0.5) is 0 Å². The van der Waals surface area contributed by atoms with Crippen LogP contribution in [0.5, 0.6) is 0 Å². The van der Waals surface area contributed by atoms with Gasteiger partial charge in [0.2, 0.25) is 0 Å². The van der Waals surface area contributed by atoms with Crippen molar-refractivity contribution in [3.8, 4) is 0 Å². The van der Waals surface area contributed by atoms with Crippen molar-refractivity contribution in [2.75, 3.05) is 0 Å². The van der Waals surface area contributed by atoms with Gasteiger partial charge in [0.15, 0.2) is 0 Å². The Labute approximate surface area is 100 Å². The second kappa shape index (κ2) is 4.53. The van der Waals surface area contributed by atoms with Gasteiger partial charge in [-0.1, -0.05) is 38.1 Å². The number of rotatable bonds is 1. The minimum absolute atomic E-state index is 0.0685. The second-order valence-corrected chi connectivity index (χ2v) is 4.46. The van der Waals surface area contributed by atoms with Crippen LogP contribution in [0.3, 0.4) is 0 Å². The summed E-state index contributed by atoms with van der Waals surface area (Å²) in [5.41, 5.74) is 3.43. The average molecular weight is 230 g/mol. The Morgan fingerprint density at radius 2 is 1.76 bits per heavy atom. The van der Waals surface area contributed by atoms with Crippen molar-refractivity contribution in [2.24, 2.45) is 5.92 Å². The summed E-state index contributed by atoms with van der Waals surface area (Å²) in [6.07, 6.45) is 2.46. The van der Waals surface area contributed by atoms with Gasteiger partial charge in [0, 0.05) is 11.6 Å². The Hall–Kier alpha value is -1.90. The molecule has 0 N–H and O–H groups in total. The molecule has 1 heterocycles. The highest BCUT2D eigenvalue weighted by Crippen LogP contribution is 2.19. The molecule has 0 fully saturated rings. The van der Waals surface area contributed by atoms with E-state index in [0.717, 1.165) is 0 Å². The lowest BCUT2D eigenvalue weighted by Gasteiger charge is -2.11. The average Bonchev–Trinajstić information content (AvgIpc) is 2.59. The van der Waals surface area contributed by atoms with Gasteiger partial charge in [-0.2, -0.15) is 0 Å². The van der Waals surface area contributed by atoms with Crippen LogP contribution in [0.2, 0.25) is 0 Å². The normalized spacial score (nSPS) is 15.8. The Morgan fingerprint density at radius 1 is 1.18 bits per heavy atom. The van der Waals surface area contributed by atoms with Gasteiger partial charge in [0.25, 0.3) is 0 Å². The molecule has 3 heteroatoms. The maximum atomic E-state index is 10.7. The number of carbonyl (C=O) groups excluding carboxylic acids is 2. The predicted octanol–water partition coefficient (Wildman–Crippen LogP) is 2.24. The predicted molar refractivity (Wildman–Crippen MR) is 63.3 cm³/mol. The number of benzene rings is 1. The van der Waals surface area contributed by atoms with E-state index < -0.39 is 11.9 Å². The van der Waals surface area contributed by atoms with Gasteiger partial charge in [-0.05, 0) is 23.5 Å². The maximum absolute atomic E-state index is 10.7. The van der Waals surface area contributed by atoms with E-state index in [2.05, 4.69) is 29.0 Å². The van der Waals surface area contributed by atoms with Crippen LogP contribution < -0.4 is 0 Å². The standard InChI is InChI=1S/C7H8O3.C7H6/c1-4(2)5-3-6(8)10-7(5)9;1-2-6-4-7(3-1)5-6/h3-4H,1-2H3;1-4H,5H2. The Balaban J connectivity index is 0.000000134. The van der Waals surface area contributed by atoms with E-state index in [1.807, 2.05) is 13.8 Å². The van der Waals surface area contributed by atoms with E-state index in [9.17, 15) is 9.59 Å². The zero-order chi connectivity index (χ0) is 12.4. The highest BCUT2D eigenvalue weighted by molar-refractivity contribution is 6.09. The van der Waals surface area contributed by atoms with Crippen LogP contribution in [0, 0.1) is 5.92 Å². The number of hydrogen-bond donors (Lipinski definition) is 0. The number of cyclic esters (lactones) is 2. The summed E-state index contributed by atoms with van der Waals surface area (Å²) in [6, 6.07) is 8.65. The molecule has 1 aromatic rings. The third-order valence-corrected chi connectivity index (χ3v) is 2.72. The van der Waals surface area contributed by atoms with Crippen molar-refractivity contribution < 1.29 is 14.3 Å². The second-order valence-electron chi connectivity index (χ2n) is 4.46. The van der Waals surface area contributed by atoms with E-state index in [-0.39, 0.29) is 5.92 Å². The fourth-order valence-electron chi connectivity index (χ4n) is 1.72. The molecule has 0 spiro atoms. The molecule has 0 atom stereocenters. The van der Waals surface area contributed by atoms with E-state index in [0.29, 0.717) is 5.57 Å². The Bertz CT molecular complexity index is 473. The lowest BCUT2D eigenvalue weighted by molar-refractivity contribution is -0.150. The Morgan fingerprint density at radius 3 is 1.94 bits per heavy atom. The third-order valence-electron chi connectivity index (χ3n) is 2.72. The number of carbonyl (C=O) groups is 2. The van der Waals surface area contributed by atoms with Crippen molar-refractivity contribution >= 4 is 11.9 Å². The number of esters is 2. The number of fused-ring (bicyclic) bond motifs is 2. The molecule has 3 nitrogen and oxygen atoms in total. The molecule has 0 radical (unpaired) electrons. The summed E-state index contributed by atoms with van der Waals surface area (Å²) in [5.74, 6) is -0.979. The minimum atomic E-state index is -0.547. The van der Waals surface area contributed by atoms with Gasteiger partial charge in [0.1, 0.15) is 0 Å². The van der Waals surface area contributed by atoms with Gasteiger partial charge in [-0.3, -0.25) is 0 Å². The van der Waals surface area contributed by atoms with Crippen LogP contribution in [0.15, 0.2) is 35.9 Å². The molecule has 4 rings (SSSR count). The van der Waals surface area contributed by atoms with Crippen molar-refractivity contribution in [1.29, 1.82) is 0 Å². The summed E-state index contributed by atoms with van der Waals surface area (Å²) >= 11 is 0. The van der Waals surface area contributed by atoms with Crippen LogP contribution in [0.1, 0.15) is 25.0 Å². The molecular formula is C14H14O3. The molecule has 0 unspecified atom stereocenters. The third kappa shape index (κ3) is 2.61. The smallest absolute Gasteiger partial charge is 0.342 e. The van der Waals surface area contributed by atoms with E-state index in [1.165, 1.54) is 23.6 Å². The Kier molecular flexibility index (Phi) is 3.09. The van der Waals surface area contributed by atoms with E-state index in [1.54, 1.807) is 0 Å². The SMILES string of the molecule is CC(C)C1=CC(=O)OC1=O.c1cc2cc(c1)C2. The van der Waals surface area contributed by atoms with Gasteiger partial charge < -0.3 is 4.74 Å². The first kappa shape index (κ1) is 11.6. The van der Waals surface area contributed by atoms with Gasteiger partial charge in [0.05, 0.1) is 0 Å². The van der Waals surface area contributed by atoms with Crippen molar-refractivity contribution in [1.82, 2.24) is 0 Å². The van der Waals surface area contributed by atoms with E-state index >= 15 is 0 Å². The highest BCUT2D eigenvalue weighted by atomic mass is 16.6. The molecule has 1 aromatic carbocycles. The first-order valence-corrected chi connectivity index (χ1v) is 5.62. The summed E-state index contributed by atoms with van der Waals surface area (Å²) in [7, 11) is 0. The monoisotopic (exact) mass is 230 g/mol. The summed E-state index contributed by atoms with van der Waals surface area (Å²) in [5, 5.41) is 0. The minimum Gasteiger partial charge on any atom is -0.386 e. The summed E-state index contributed by atoms with van der Waals surface area (Å²) in [6.45, 7) is 3.68. The van der Waals surface area contributed by atoms with Gasteiger partial charge >= 0.3 is 11.9 Å². The molecule has 2 aliphatic carbocycles. The molecule has 1 aliphatic heterocycles. The molecule has 88 valence electrons. The summed E-state index contributed by atoms with van der Waals surface area (Å²) in [4.78, 5) is 21.2. The van der Waals surface area contributed by atoms with Gasteiger partial charge in [-0.15, -0.1) is 0 Å². The quantitative estimate of drug-likeness (QED) is 0.557. The fraction of sp³-hybridized carbons (Fsp3) is 0.286. The first-order chi connectivity index (χ1) is 8.06. The molecule has 0 amide bonds. The summed E-state index contributed by atoms with van der Waals surface area (Å²) < 4.78 is 4.26. The van der Waals surface area contributed by atoms with Crippen molar-refractivity contribution in [3.05, 3.63) is 47.0 Å². The van der Waals surface area contributed by atoms with Crippen LogP contribution in [0.25, 0.3) is 0 Å². The molecule has 0 saturated carbocycles. The zero-order valence-electron chi connectivity index (χ0n) is 9.90. The number of ether oxygens (including phenoxy) is 1. The molecule has 3 aliphatic rings. The van der Waals surface area contributed by atoms with Gasteiger partial charge in [-0.25, -0.2) is 9.59 Å². The largest absolute Gasteiger partial charge is 0.386 e. The van der Waals surface area contributed by atoms with E-state index in [4.69, 9.17) is 0 Å². The first-order valence-electron chi connectivity index (χ1n) is 5.62. The highest BCUT2D eigenvalue weighted by Gasteiger charge is 2.25. The lowest BCUT2D eigenvalue weighted by Crippen LogP contribution is -2.05. The number of hydrogen-bond acceptors (Lipinski definition) is 3. The van der Waals surface area contributed by atoms with Crippen LogP contribution >= 0.6 is 0 Å². The molecule has 0 saturated heterocycles. The topological polar surface area (TPSA) is 43.4 Å². The van der Waals surface area contributed by atoms with Crippen LogP contribution in [-0.2, 0) is 20.7 Å². The molecule has 17 heavy (non-hydrogen) atoms. The van der Waals surface area contributed by atoms with Crippen LogP contribution in [-0.4, -0.2) is 11.9 Å². The molecular weight excluding hydrogens is 216 g/mol. The molecule has 0 aromatic heterocycles. The molecule has 2 bridgehead atoms. The fourth-order valence-corrected chi connectivity index (χ4v) is 1.72. The lowest BCUT2D eigenvalue weighted by atomic mass is 9.94.